The van der Waals surface area contributed by atoms with Crippen LogP contribution in [0.4, 0.5) is 5.69 Å². The Labute approximate surface area is 129 Å². The van der Waals surface area contributed by atoms with Crippen LogP contribution >= 0.6 is 22.9 Å². The monoisotopic (exact) mass is 325 g/mol. The minimum absolute atomic E-state index is 0.193. The third-order valence-electron chi connectivity index (χ3n) is 2.90. The SMILES string of the molecule is Cc1ncc([N+](=O)[O-])cc1C(=O)N[C@@H](C)c1ccc(Cl)s1. The summed E-state index contributed by atoms with van der Waals surface area (Å²) in [6, 6.07) is 4.57. The summed E-state index contributed by atoms with van der Waals surface area (Å²) in [5.41, 5.74) is 0.422. The van der Waals surface area contributed by atoms with E-state index in [2.05, 4.69) is 10.3 Å². The van der Waals surface area contributed by atoms with Crippen LogP contribution in [-0.4, -0.2) is 15.8 Å². The number of carbonyl (C=O) groups is 1. The first kappa shape index (κ1) is 15.4. The average Bonchev–Trinajstić information content (AvgIpc) is 2.85. The predicted molar refractivity (Wildman–Crippen MR) is 80.8 cm³/mol. The third-order valence-corrected chi connectivity index (χ3v) is 4.31. The van der Waals surface area contributed by atoms with E-state index in [4.69, 9.17) is 11.6 Å². The highest BCUT2D eigenvalue weighted by Crippen LogP contribution is 2.27. The van der Waals surface area contributed by atoms with Crippen molar-refractivity contribution < 1.29 is 9.72 Å². The predicted octanol–water partition coefficient (Wildman–Crippen LogP) is 3.50. The van der Waals surface area contributed by atoms with E-state index in [1.165, 1.54) is 17.4 Å². The van der Waals surface area contributed by atoms with E-state index < -0.39 is 10.8 Å². The normalized spacial score (nSPS) is 12.0. The molecule has 0 unspecified atom stereocenters. The molecular weight excluding hydrogens is 314 g/mol. The van der Waals surface area contributed by atoms with Crippen LogP contribution < -0.4 is 5.32 Å². The molecule has 0 radical (unpaired) electrons. The molecule has 0 aliphatic rings. The number of halogens is 1. The molecule has 1 atom stereocenters. The number of hydrogen-bond donors (Lipinski definition) is 1. The smallest absolute Gasteiger partial charge is 0.288 e. The number of amides is 1. The Hall–Kier alpha value is -1.99. The third kappa shape index (κ3) is 3.56. The Bertz CT molecular complexity index is 702. The van der Waals surface area contributed by atoms with Gasteiger partial charge >= 0.3 is 0 Å². The molecule has 0 saturated carbocycles. The van der Waals surface area contributed by atoms with Gasteiger partial charge in [-0.15, -0.1) is 11.3 Å². The van der Waals surface area contributed by atoms with Crippen molar-refractivity contribution in [1.29, 1.82) is 0 Å². The Kier molecular flexibility index (Phi) is 4.54. The maximum absolute atomic E-state index is 12.2. The number of nitrogens with one attached hydrogen (secondary N) is 1. The number of thiophene rings is 1. The number of aryl methyl sites for hydroxylation is 1. The first-order valence-corrected chi connectivity index (χ1v) is 7.25. The van der Waals surface area contributed by atoms with Gasteiger partial charge in [-0.05, 0) is 26.0 Å². The maximum atomic E-state index is 12.2. The summed E-state index contributed by atoms with van der Waals surface area (Å²) in [7, 11) is 0. The molecule has 0 bridgehead atoms. The van der Waals surface area contributed by atoms with Crippen molar-refractivity contribution in [2.75, 3.05) is 0 Å². The molecule has 8 heteroatoms. The van der Waals surface area contributed by atoms with Crippen LogP contribution in [0.1, 0.15) is 33.9 Å². The standard InChI is InChI=1S/C13H12ClN3O3S/c1-7-10(5-9(6-15-7)17(19)20)13(18)16-8(2)11-3-4-12(14)21-11/h3-6,8H,1-2H3,(H,16,18)/t8-/m0/s1. The Balaban J connectivity index is 2.20. The van der Waals surface area contributed by atoms with Crippen molar-refractivity contribution in [2.24, 2.45) is 0 Å². The highest BCUT2D eigenvalue weighted by Gasteiger charge is 2.18. The van der Waals surface area contributed by atoms with E-state index in [-0.39, 0.29) is 17.3 Å². The van der Waals surface area contributed by atoms with Gasteiger partial charge in [-0.3, -0.25) is 19.9 Å². The zero-order chi connectivity index (χ0) is 15.6. The van der Waals surface area contributed by atoms with Crippen LogP contribution in [0.2, 0.25) is 4.34 Å². The van der Waals surface area contributed by atoms with Crippen LogP contribution in [0.25, 0.3) is 0 Å². The van der Waals surface area contributed by atoms with Gasteiger partial charge in [0.2, 0.25) is 0 Å². The average molecular weight is 326 g/mol. The van der Waals surface area contributed by atoms with Crippen LogP contribution in [0.5, 0.6) is 0 Å². The van der Waals surface area contributed by atoms with Crippen molar-refractivity contribution in [3.63, 3.8) is 0 Å². The molecule has 0 aliphatic heterocycles. The fourth-order valence-electron chi connectivity index (χ4n) is 1.76. The van der Waals surface area contributed by atoms with Crippen LogP contribution in [0.3, 0.4) is 0 Å². The number of aromatic nitrogens is 1. The minimum atomic E-state index is -0.578. The summed E-state index contributed by atoms with van der Waals surface area (Å²) in [5.74, 6) is -0.402. The zero-order valence-corrected chi connectivity index (χ0v) is 12.9. The van der Waals surface area contributed by atoms with Gasteiger partial charge in [-0.1, -0.05) is 11.6 Å². The minimum Gasteiger partial charge on any atom is -0.345 e. The van der Waals surface area contributed by atoms with Crippen LogP contribution in [-0.2, 0) is 0 Å². The second kappa shape index (κ2) is 6.19. The maximum Gasteiger partial charge on any atom is 0.288 e. The molecule has 2 aromatic rings. The molecule has 21 heavy (non-hydrogen) atoms. The summed E-state index contributed by atoms with van der Waals surface area (Å²) in [6.45, 7) is 3.45. The molecule has 2 aromatic heterocycles. The van der Waals surface area contributed by atoms with Crippen molar-refractivity contribution in [1.82, 2.24) is 10.3 Å². The zero-order valence-electron chi connectivity index (χ0n) is 11.3. The molecule has 1 amide bonds. The van der Waals surface area contributed by atoms with Crippen molar-refractivity contribution in [3.8, 4) is 0 Å². The van der Waals surface area contributed by atoms with E-state index in [1.807, 2.05) is 13.0 Å². The summed E-state index contributed by atoms with van der Waals surface area (Å²) < 4.78 is 0.638. The van der Waals surface area contributed by atoms with Gasteiger partial charge < -0.3 is 5.32 Å². The number of nitro groups is 1. The van der Waals surface area contributed by atoms with E-state index in [0.717, 1.165) is 11.1 Å². The van der Waals surface area contributed by atoms with Crippen molar-refractivity contribution in [3.05, 3.63) is 55.0 Å². The molecule has 110 valence electrons. The lowest BCUT2D eigenvalue weighted by molar-refractivity contribution is -0.385. The quantitative estimate of drug-likeness (QED) is 0.688. The highest BCUT2D eigenvalue weighted by atomic mass is 35.5. The van der Waals surface area contributed by atoms with Crippen molar-refractivity contribution >= 4 is 34.5 Å². The highest BCUT2D eigenvalue weighted by molar-refractivity contribution is 7.16. The fraction of sp³-hybridized carbons (Fsp3) is 0.231. The van der Waals surface area contributed by atoms with Gasteiger partial charge in [0, 0.05) is 10.9 Å². The number of nitrogens with zero attached hydrogens (tertiary/aromatic N) is 2. The topological polar surface area (TPSA) is 85.1 Å². The molecule has 2 heterocycles. The van der Waals surface area contributed by atoms with Gasteiger partial charge in [0.05, 0.1) is 26.6 Å². The summed E-state index contributed by atoms with van der Waals surface area (Å²) in [6.07, 6.45) is 1.13. The Morgan fingerprint density at radius 1 is 1.52 bits per heavy atom. The lowest BCUT2D eigenvalue weighted by Crippen LogP contribution is -2.27. The van der Waals surface area contributed by atoms with Crippen LogP contribution in [0, 0.1) is 17.0 Å². The Morgan fingerprint density at radius 3 is 2.81 bits per heavy atom. The molecule has 6 nitrogen and oxygen atoms in total. The Morgan fingerprint density at radius 2 is 2.24 bits per heavy atom. The van der Waals surface area contributed by atoms with Gasteiger partial charge in [0.1, 0.15) is 6.20 Å². The van der Waals surface area contributed by atoms with Crippen molar-refractivity contribution in [2.45, 2.75) is 19.9 Å². The molecule has 1 N–H and O–H groups in total. The number of rotatable bonds is 4. The summed E-state index contributed by atoms with van der Waals surface area (Å²) >= 11 is 7.23. The lowest BCUT2D eigenvalue weighted by Gasteiger charge is -2.13. The second-order valence-corrected chi connectivity index (χ2v) is 6.17. The van der Waals surface area contributed by atoms with E-state index >= 15 is 0 Å². The molecule has 2 rings (SSSR count). The first-order chi connectivity index (χ1) is 9.88. The van der Waals surface area contributed by atoms with Gasteiger partial charge in [0.15, 0.2) is 0 Å². The number of carbonyl (C=O) groups excluding carboxylic acids is 1. The van der Waals surface area contributed by atoms with E-state index in [9.17, 15) is 14.9 Å². The summed E-state index contributed by atoms with van der Waals surface area (Å²) in [4.78, 5) is 27.2. The number of pyridine rings is 1. The molecule has 0 saturated heterocycles. The molecule has 0 fully saturated rings. The van der Waals surface area contributed by atoms with Gasteiger partial charge in [0.25, 0.3) is 11.6 Å². The molecule has 0 spiro atoms. The fourth-order valence-corrected chi connectivity index (χ4v) is 2.82. The molecular formula is C13H12ClN3O3S. The van der Waals surface area contributed by atoms with Crippen LogP contribution in [0.15, 0.2) is 24.4 Å². The second-order valence-electron chi connectivity index (χ2n) is 4.42. The van der Waals surface area contributed by atoms with Gasteiger partial charge in [-0.25, -0.2) is 0 Å². The van der Waals surface area contributed by atoms with E-state index in [1.54, 1.807) is 13.0 Å². The molecule has 0 aromatic carbocycles. The first-order valence-electron chi connectivity index (χ1n) is 6.05. The largest absolute Gasteiger partial charge is 0.345 e. The molecule has 0 aliphatic carbocycles. The van der Waals surface area contributed by atoms with E-state index in [0.29, 0.717) is 10.0 Å². The lowest BCUT2D eigenvalue weighted by atomic mass is 10.1. The number of hydrogen-bond acceptors (Lipinski definition) is 5. The van der Waals surface area contributed by atoms with Gasteiger partial charge in [-0.2, -0.15) is 0 Å². The summed E-state index contributed by atoms with van der Waals surface area (Å²) in [5, 5.41) is 13.5.